The molecule has 0 aromatic heterocycles. The van der Waals surface area contributed by atoms with Gasteiger partial charge in [0.25, 0.3) is 5.91 Å². The lowest BCUT2D eigenvalue weighted by atomic mass is 10.0. The van der Waals surface area contributed by atoms with Crippen molar-refractivity contribution in [2.24, 2.45) is 10.7 Å². The van der Waals surface area contributed by atoms with Crippen LogP contribution >= 0.6 is 0 Å². The van der Waals surface area contributed by atoms with Gasteiger partial charge in [0, 0.05) is 11.3 Å². The molecule has 1 heterocycles. The zero-order valence-electron chi connectivity index (χ0n) is 8.74. The molecule has 1 aromatic carbocycles. The molecule has 1 aliphatic rings. The molecule has 0 saturated carbocycles. The van der Waals surface area contributed by atoms with Crippen LogP contribution in [-0.2, 0) is 4.79 Å². The minimum atomic E-state index is -0.809. The molecule has 1 atom stereocenters. The molecule has 1 unspecified atom stereocenters. The van der Waals surface area contributed by atoms with E-state index in [2.05, 4.69) is 10.3 Å². The van der Waals surface area contributed by atoms with Gasteiger partial charge in [0.1, 0.15) is 0 Å². The Morgan fingerprint density at radius 2 is 2.13 bits per heavy atom. The van der Waals surface area contributed by atoms with Gasteiger partial charge in [-0.25, -0.2) is 0 Å². The predicted octanol–water partition coefficient (Wildman–Crippen LogP) is 1.04. The maximum Gasteiger partial charge on any atom is 0.263 e. The fourth-order valence-corrected chi connectivity index (χ4v) is 1.67. The summed E-state index contributed by atoms with van der Waals surface area (Å²) in [5.41, 5.74) is 9.17. The number of fused-ring (bicyclic) bond motifs is 1. The van der Waals surface area contributed by atoms with E-state index in [1.54, 1.807) is 0 Å². The first kappa shape index (κ1) is 9.86. The first-order chi connectivity index (χ1) is 7.09. The van der Waals surface area contributed by atoms with E-state index in [1.165, 1.54) is 0 Å². The molecule has 78 valence electrons. The summed E-state index contributed by atoms with van der Waals surface area (Å²) in [5, 5.41) is 2.79. The summed E-state index contributed by atoms with van der Waals surface area (Å²) in [7, 11) is 0. The highest BCUT2D eigenvalue weighted by atomic mass is 16.2. The average molecular weight is 203 g/mol. The van der Waals surface area contributed by atoms with E-state index in [0.29, 0.717) is 0 Å². The normalized spacial score (nSPS) is 20.1. The Bertz CT molecular complexity index is 451. The number of amides is 1. The largest absolute Gasteiger partial charge is 0.322 e. The SMILES string of the molecule is CC1=NC(N)C(=O)Nc2c(C)cccc21. The van der Waals surface area contributed by atoms with Crippen LogP contribution in [0, 0.1) is 6.92 Å². The van der Waals surface area contributed by atoms with Crippen molar-refractivity contribution < 1.29 is 4.79 Å². The molecule has 1 aromatic rings. The number of hydrogen-bond acceptors (Lipinski definition) is 3. The number of aryl methyl sites for hydroxylation is 1. The number of nitrogens with zero attached hydrogens (tertiary/aromatic N) is 1. The van der Waals surface area contributed by atoms with E-state index in [0.717, 1.165) is 22.5 Å². The molecular weight excluding hydrogens is 190 g/mol. The number of para-hydroxylation sites is 1. The monoisotopic (exact) mass is 203 g/mol. The van der Waals surface area contributed by atoms with Gasteiger partial charge in [-0.1, -0.05) is 18.2 Å². The van der Waals surface area contributed by atoms with Crippen molar-refractivity contribution in [3.63, 3.8) is 0 Å². The van der Waals surface area contributed by atoms with Crippen molar-refractivity contribution in [2.75, 3.05) is 5.32 Å². The summed E-state index contributed by atoms with van der Waals surface area (Å²) in [6, 6.07) is 5.82. The van der Waals surface area contributed by atoms with Crippen LogP contribution in [-0.4, -0.2) is 17.8 Å². The number of anilines is 1. The molecule has 4 nitrogen and oxygen atoms in total. The average Bonchev–Trinajstić information content (AvgIpc) is 2.29. The third kappa shape index (κ3) is 1.64. The predicted molar refractivity (Wildman–Crippen MR) is 60.0 cm³/mol. The lowest BCUT2D eigenvalue weighted by Crippen LogP contribution is -2.33. The lowest BCUT2D eigenvalue weighted by Gasteiger charge is -2.10. The minimum Gasteiger partial charge on any atom is -0.322 e. The van der Waals surface area contributed by atoms with Gasteiger partial charge in [-0.2, -0.15) is 0 Å². The van der Waals surface area contributed by atoms with E-state index < -0.39 is 6.17 Å². The number of benzodiazepines with no additional fused rings is 1. The molecule has 3 N–H and O–H groups in total. The Labute approximate surface area is 88.2 Å². The number of hydrogen-bond donors (Lipinski definition) is 2. The summed E-state index contributed by atoms with van der Waals surface area (Å²) < 4.78 is 0. The molecule has 1 aliphatic heterocycles. The van der Waals surface area contributed by atoms with Crippen LogP contribution < -0.4 is 11.1 Å². The molecule has 0 radical (unpaired) electrons. The number of carbonyl (C=O) groups is 1. The summed E-state index contributed by atoms with van der Waals surface area (Å²) >= 11 is 0. The smallest absolute Gasteiger partial charge is 0.263 e. The number of aliphatic imine (C=N–C) groups is 1. The number of nitrogens with one attached hydrogen (secondary N) is 1. The van der Waals surface area contributed by atoms with Crippen LogP contribution in [0.1, 0.15) is 18.1 Å². The second-order valence-corrected chi connectivity index (χ2v) is 3.65. The first-order valence-corrected chi connectivity index (χ1v) is 4.80. The Balaban J connectivity index is 2.62. The Hall–Kier alpha value is -1.68. The molecule has 0 bridgehead atoms. The van der Waals surface area contributed by atoms with Crippen LogP contribution in [0.25, 0.3) is 0 Å². The topological polar surface area (TPSA) is 67.5 Å². The van der Waals surface area contributed by atoms with Gasteiger partial charge >= 0.3 is 0 Å². The maximum absolute atomic E-state index is 11.5. The number of rotatable bonds is 0. The Morgan fingerprint density at radius 3 is 2.87 bits per heavy atom. The summed E-state index contributed by atoms with van der Waals surface area (Å²) in [6.45, 7) is 3.81. The number of benzene rings is 1. The van der Waals surface area contributed by atoms with Gasteiger partial charge < -0.3 is 11.1 Å². The molecule has 1 amide bonds. The standard InChI is InChI=1S/C11H13N3O/c1-6-4-3-5-8-7(2)13-10(12)11(15)14-9(6)8/h3-5,10H,12H2,1-2H3,(H,14,15). The van der Waals surface area contributed by atoms with Crippen molar-refractivity contribution in [1.29, 1.82) is 0 Å². The van der Waals surface area contributed by atoms with Crippen molar-refractivity contribution >= 4 is 17.3 Å². The van der Waals surface area contributed by atoms with Crippen molar-refractivity contribution in [3.8, 4) is 0 Å². The van der Waals surface area contributed by atoms with E-state index in [4.69, 9.17) is 5.73 Å². The minimum absolute atomic E-state index is 0.262. The molecule has 0 fully saturated rings. The van der Waals surface area contributed by atoms with Crippen LogP contribution in [0.3, 0.4) is 0 Å². The van der Waals surface area contributed by atoms with Gasteiger partial charge in [-0.3, -0.25) is 9.79 Å². The zero-order valence-corrected chi connectivity index (χ0v) is 8.74. The third-order valence-electron chi connectivity index (χ3n) is 2.51. The van der Waals surface area contributed by atoms with E-state index in [9.17, 15) is 4.79 Å². The fourth-order valence-electron chi connectivity index (χ4n) is 1.67. The van der Waals surface area contributed by atoms with Crippen LogP contribution in [0.15, 0.2) is 23.2 Å². The fraction of sp³-hybridized carbons (Fsp3) is 0.273. The molecule has 0 spiro atoms. The Morgan fingerprint density at radius 1 is 1.40 bits per heavy atom. The van der Waals surface area contributed by atoms with Crippen LogP contribution in [0.2, 0.25) is 0 Å². The van der Waals surface area contributed by atoms with E-state index in [1.807, 2.05) is 32.0 Å². The van der Waals surface area contributed by atoms with Gasteiger partial charge in [0.05, 0.1) is 5.69 Å². The molecule has 2 rings (SSSR count). The molecule has 0 saturated heterocycles. The quantitative estimate of drug-likeness (QED) is 0.661. The highest BCUT2D eigenvalue weighted by Gasteiger charge is 2.20. The summed E-state index contributed by atoms with van der Waals surface area (Å²) in [5.74, 6) is -0.262. The van der Waals surface area contributed by atoms with Gasteiger partial charge in [0.15, 0.2) is 6.17 Å². The van der Waals surface area contributed by atoms with Gasteiger partial charge in [-0.05, 0) is 19.4 Å². The van der Waals surface area contributed by atoms with Crippen molar-refractivity contribution in [1.82, 2.24) is 0 Å². The highest BCUT2D eigenvalue weighted by molar-refractivity contribution is 6.11. The summed E-state index contributed by atoms with van der Waals surface area (Å²) in [6.07, 6.45) is -0.809. The number of carbonyl (C=O) groups excluding carboxylic acids is 1. The van der Waals surface area contributed by atoms with E-state index in [-0.39, 0.29) is 5.91 Å². The number of nitrogens with two attached hydrogens (primary N) is 1. The van der Waals surface area contributed by atoms with Crippen LogP contribution in [0.5, 0.6) is 0 Å². The Kier molecular flexibility index (Phi) is 2.28. The zero-order chi connectivity index (χ0) is 11.0. The molecule has 4 heteroatoms. The van der Waals surface area contributed by atoms with Crippen molar-refractivity contribution in [3.05, 3.63) is 29.3 Å². The molecular formula is C11H13N3O. The van der Waals surface area contributed by atoms with Crippen LogP contribution in [0.4, 0.5) is 5.69 Å². The first-order valence-electron chi connectivity index (χ1n) is 4.80. The lowest BCUT2D eigenvalue weighted by molar-refractivity contribution is -0.117. The third-order valence-corrected chi connectivity index (χ3v) is 2.51. The van der Waals surface area contributed by atoms with Gasteiger partial charge in [-0.15, -0.1) is 0 Å². The summed E-state index contributed by atoms with van der Waals surface area (Å²) in [4.78, 5) is 15.7. The second-order valence-electron chi connectivity index (χ2n) is 3.65. The highest BCUT2D eigenvalue weighted by Crippen LogP contribution is 2.23. The van der Waals surface area contributed by atoms with Crippen molar-refractivity contribution in [2.45, 2.75) is 20.0 Å². The van der Waals surface area contributed by atoms with Gasteiger partial charge in [0.2, 0.25) is 0 Å². The molecule has 15 heavy (non-hydrogen) atoms. The second kappa shape index (κ2) is 3.47. The molecule has 0 aliphatic carbocycles. The maximum atomic E-state index is 11.5. The van der Waals surface area contributed by atoms with E-state index >= 15 is 0 Å².